The summed E-state index contributed by atoms with van der Waals surface area (Å²) in [5.74, 6) is 0.172. The molecule has 0 unspecified atom stereocenters. The van der Waals surface area contributed by atoms with Crippen LogP contribution in [0.4, 0.5) is 5.69 Å². The summed E-state index contributed by atoms with van der Waals surface area (Å²) in [6.07, 6.45) is 6.48. The number of anilines is 1. The minimum atomic E-state index is -3.94. The number of amides is 1. The molecule has 0 aliphatic heterocycles. The van der Waals surface area contributed by atoms with Gasteiger partial charge in [-0.05, 0) is 46.3 Å². The van der Waals surface area contributed by atoms with Crippen molar-refractivity contribution >= 4 is 37.5 Å². The minimum absolute atomic E-state index is 0.158. The Morgan fingerprint density at radius 2 is 2.04 bits per heavy atom. The molecule has 1 aromatic carbocycles. The van der Waals surface area contributed by atoms with E-state index in [1.165, 1.54) is 24.4 Å². The highest BCUT2D eigenvalue weighted by Gasteiger charge is 2.16. The molecule has 2 heterocycles. The van der Waals surface area contributed by atoms with Gasteiger partial charge >= 0.3 is 0 Å². The Labute approximate surface area is 151 Å². The molecule has 3 aromatic rings. The summed E-state index contributed by atoms with van der Waals surface area (Å²) < 4.78 is 25.1. The topological polar surface area (TPSA) is 120 Å². The molecule has 0 fully saturated rings. The van der Waals surface area contributed by atoms with E-state index >= 15 is 0 Å². The quantitative estimate of drug-likeness (QED) is 0.666. The average Bonchev–Trinajstić information content (AvgIpc) is 3.09. The summed E-state index contributed by atoms with van der Waals surface area (Å²) in [5.41, 5.74) is 0.625. The summed E-state index contributed by atoms with van der Waals surface area (Å²) in [6, 6.07) is 7.55. The number of hydrogen-bond donors (Lipinski definition) is 2. The molecule has 128 valence electrons. The molecule has 8 nitrogen and oxygen atoms in total. The molecule has 0 spiro atoms. The van der Waals surface area contributed by atoms with Gasteiger partial charge in [0.05, 0.1) is 16.8 Å². The van der Waals surface area contributed by atoms with Crippen LogP contribution in [0.25, 0.3) is 5.82 Å². The van der Waals surface area contributed by atoms with Gasteiger partial charge in [-0.25, -0.2) is 23.5 Å². The summed E-state index contributed by atoms with van der Waals surface area (Å²) in [6.45, 7) is 0. The third kappa shape index (κ3) is 3.92. The zero-order valence-electron chi connectivity index (χ0n) is 12.6. The molecular weight excluding hydrogens is 410 g/mol. The Bertz CT molecular complexity index is 1020. The van der Waals surface area contributed by atoms with Gasteiger partial charge < -0.3 is 5.32 Å². The maximum Gasteiger partial charge on any atom is 0.255 e. The summed E-state index contributed by atoms with van der Waals surface area (Å²) in [4.78, 5) is 20.3. The van der Waals surface area contributed by atoms with Crippen LogP contribution >= 0.6 is 15.9 Å². The van der Waals surface area contributed by atoms with E-state index in [2.05, 4.69) is 31.2 Å². The van der Waals surface area contributed by atoms with Gasteiger partial charge in [-0.15, -0.1) is 0 Å². The maximum absolute atomic E-state index is 12.3. The van der Waals surface area contributed by atoms with Crippen molar-refractivity contribution in [3.8, 4) is 5.82 Å². The Hall–Kier alpha value is -2.56. The lowest BCUT2D eigenvalue weighted by molar-refractivity contribution is 0.102. The molecule has 0 atom stereocenters. The van der Waals surface area contributed by atoms with Crippen LogP contribution in [-0.2, 0) is 10.0 Å². The number of aromatic nitrogens is 3. The van der Waals surface area contributed by atoms with Gasteiger partial charge in [-0.2, -0.15) is 0 Å². The number of nitrogens with one attached hydrogen (secondary N) is 1. The Morgan fingerprint density at radius 1 is 1.24 bits per heavy atom. The molecule has 3 N–H and O–H groups in total. The zero-order valence-corrected chi connectivity index (χ0v) is 15.0. The summed E-state index contributed by atoms with van der Waals surface area (Å²) in [7, 11) is -3.94. The van der Waals surface area contributed by atoms with Crippen LogP contribution in [0.3, 0.4) is 0 Å². The lowest BCUT2D eigenvalue weighted by atomic mass is 10.2. The molecule has 0 aliphatic carbocycles. The molecule has 0 bridgehead atoms. The van der Waals surface area contributed by atoms with Crippen LogP contribution in [0.2, 0.25) is 0 Å². The van der Waals surface area contributed by atoms with Gasteiger partial charge in [0.15, 0.2) is 0 Å². The van der Waals surface area contributed by atoms with Crippen molar-refractivity contribution in [2.24, 2.45) is 5.14 Å². The molecule has 1 amide bonds. The molecule has 0 saturated heterocycles. The predicted octanol–water partition coefficient (Wildman–Crippen LogP) is 1.93. The van der Waals surface area contributed by atoms with Crippen molar-refractivity contribution in [1.82, 2.24) is 14.5 Å². The normalized spacial score (nSPS) is 11.3. The van der Waals surface area contributed by atoms with Crippen molar-refractivity contribution in [2.75, 3.05) is 5.32 Å². The van der Waals surface area contributed by atoms with E-state index in [0.717, 1.165) is 0 Å². The Balaban J connectivity index is 1.81. The maximum atomic E-state index is 12.3. The number of rotatable bonds is 4. The van der Waals surface area contributed by atoms with E-state index in [4.69, 9.17) is 5.14 Å². The fraction of sp³-hybridized carbons (Fsp3) is 0. The van der Waals surface area contributed by atoms with E-state index in [0.29, 0.717) is 11.5 Å². The van der Waals surface area contributed by atoms with Crippen molar-refractivity contribution < 1.29 is 13.2 Å². The highest BCUT2D eigenvalue weighted by molar-refractivity contribution is 9.10. The van der Waals surface area contributed by atoms with Crippen molar-refractivity contribution in [1.29, 1.82) is 0 Å². The van der Waals surface area contributed by atoms with Crippen LogP contribution in [0.1, 0.15) is 10.4 Å². The number of carbonyl (C=O) groups excluding carboxylic acids is 1. The summed E-state index contributed by atoms with van der Waals surface area (Å²) in [5, 5.41) is 7.79. The predicted molar refractivity (Wildman–Crippen MR) is 94.8 cm³/mol. The SMILES string of the molecule is NS(=O)(=O)c1cc(C(=O)Nc2ccc(-n3ccnc3)nc2)ccc1Br. The number of pyridine rings is 1. The fourth-order valence-electron chi connectivity index (χ4n) is 2.07. The second-order valence-corrected chi connectivity index (χ2v) is 7.40. The minimum Gasteiger partial charge on any atom is -0.321 e. The van der Waals surface area contributed by atoms with Crippen molar-refractivity contribution in [3.05, 3.63) is 65.3 Å². The standard InChI is InChI=1S/C15H12BrN5O3S/c16-12-3-1-10(7-13(12)25(17,23)24)15(22)20-11-2-4-14(19-8-11)21-6-5-18-9-21/h1-9H,(H,20,22)(H2,17,23,24). The number of sulfonamides is 1. The van der Waals surface area contributed by atoms with Crippen molar-refractivity contribution in [2.45, 2.75) is 4.90 Å². The second kappa shape index (κ2) is 6.75. The lowest BCUT2D eigenvalue weighted by Crippen LogP contribution is -2.16. The smallest absolute Gasteiger partial charge is 0.255 e. The number of nitrogens with two attached hydrogens (primary N) is 1. The molecule has 0 radical (unpaired) electrons. The van der Waals surface area contributed by atoms with E-state index < -0.39 is 15.9 Å². The fourth-order valence-corrected chi connectivity index (χ4v) is 3.63. The van der Waals surface area contributed by atoms with Gasteiger partial charge in [-0.3, -0.25) is 9.36 Å². The number of imidazole rings is 1. The van der Waals surface area contributed by atoms with Crippen LogP contribution in [0.15, 0.2) is 64.6 Å². The molecular formula is C15H12BrN5O3S. The van der Waals surface area contributed by atoms with Gasteiger partial charge in [0.1, 0.15) is 12.1 Å². The number of carbonyl (C=O) groups is 1. The van der Waals surface area contributed by atoms with Gasteiger partial charge in [-0.1, -0.05) is 0 Å². The second-order valence-electron chi connectivity index (χ2n) is 5.02. The number of benzene rings is 1. The molecule has 0 saturated carbocycles. The van der Waals surface area contributed by atoms with E-state index in [1.54, 1.807) is 35.4 Å². The number of halogens is 1. The largest absolute Gasteiger partial charge is 0.321 e. The van der Waals surface area contributed by atoms with Gasteiger partial charge in [0.25, 0.3) is 5.91 Å². The van der Waals surface area contributed by atoms with Crippen LogP contribution in [0.5, 0.6) is 0 Å². The van der Waals surface area contributed by atoms with E-state index in [1.807, 2.05) is 0 Å². The monoisotopic (exact) mass is 421 g/mol. The highest BCUT2D eigenvalue weighted by Crippen LogP contribution is 2.22. The number of hydrogen-bond acceptors (Lipinski definition) is 5. The van der Waals surface area contributed by atoms with Crippen LogP contribution in [0, 0.1) is 0 Å². The third-order valence-electron chi connectivity index (χ3n) is 3.27. The first kappa shape index (κ1) is 17.3. The van der Waals surface area contributed by atoms with Gasteiger partial charge in [0.2, 0.25) is 10.0 Å². The zero-order chi connectivity index (χ0) is 18.0. The van der Waals surface area contributed by atoms with E-state index in [-0.39, 0.29) is 14.9 Å². The first-order valence-electron chi connectivity index (χ1n) is 6.93. The highest BCUT2D eigenvalue weighted by atomic mass is 79.9. The van der Waals surface area contributed by atoms with E-state index in [9.17, 15) is 13.2 Å². The van der Waals surface area contributed by atoms with Gasteiger partial charge in [0, 0.05) is 22.4 Å². The van der Waals surface area contributed by atoms with Crippen molar-refractivity contribution in [3.63, 3.8) is 0 Å². The molecule has 3 rings (SSSR count). The number of primary sulfonamides is 1. The molecule has 25 heavy (non-hydrogen) atoms. The Kier molecular flexibility index (Phi) is 4.66. The molecule has 0 aliphatic rings. The summed E-state index contributed by atoms with van der Waals surface area (Å²) >= 11 is 3.10. The molecule has 10 heteroatoms. The third-order valence-corrected chi connectivity index (χ3v) is 5.18. The first-order valence-corrected chi connectivity index (χ1v) is 9.26. The lowest BCUT2D eigenvalue weighted by Gasteiger charge is -2.08. The van der Waals surface area contributed by atoms with Crippen LogP contribution in [-0.4, -0.2) is 28.9 Å². The average molecular weight is 422 g/mol. The molecule has 2 aromatic heterocycles. The van der Waals surface area contributed by atoms with Crippen LogP contribution < -0.4 is 10.5 Å². The number of nitrogens with zero attached hydrogens (tertiary/aromatic N) is 3. The first-order chi connectivity index (χ1) is 11.8. The Morgan fingerprint density at radius 3 is 2.64 bits per heavy atom.